The van der Waals surface area contributed by atoms with Crippen LogP contribution in [0.2, 0.25) is 5.02 Å². The van der Waals surface area contributed by atoms with E-state index in [0.717, 1.165) is 23.4 Å². The van der Waals surface area contributed by atoms with E-state index in [1.54, 1.807) is 18.2 Å². The van der Waals surface area contributed by atoms with Crippen LogP contribution in [0.25, 0.3) is 10.9 Å². The molecule has 0 saturated heterocycles. The summed E-state index contributed by atoms with van der Waals surface area (Å²) >= 11 is 6.63. The van der Waals surface area contributed by atoms with E-state index in [2.05, 4.69) is 4.98 Å². The minimum Gasteiger partial charge on any atom is -0.465 e. The number of carbonyl (C=O) groups excluding carboxylic acids is 1. The van der Waals surface area contributed by atoms with Crippen LogP contribution in [0.3, 0.4) is 0 Å². The van der Waals surface area contributed by atoms with Crippen LogP contribution in [0.15, 0.2) is 42.5 Å². The Balaban J connectivity index is 2.06. The monoisotopic (exact) mass is 407 g/mol. The van der Waals surface area contributed by atoms with Gasteiger partial charge in [-0.1, -0.05) is 30.7 Å². The molecular formula is C21H17ClF3NO2. The van der Waals surface area contributed by atoms with Crippen molar-refractivity contribution in [3.8, 4) is 0 Å². The third-order valence-corrected chi connectivity index (χ3v) is 4.95. The van der Waals surface area contributed by atoms with Crippen molar-refractivity contribution in [3.63, 3.8) is 0 Å². The van der Waals surface area contributed by atoms with Crippen molar-refractivity contribution in [1.82, 2.24) is 4.98 Å². The average Bonchev–Trinajstić information content (AvgIpc) is 2.68. The molecule has 2 aromatic carbocycles. The maximum atomic E-state index is 12.8. The summed E-state index contributed by atoms with van der Waals surface area (Å²) in [6, 6.07) is 9.92. The standard InChI is InChI=1S/C21H17ClF3NO2/c1-3-17-15(10-12-4-7-14(8-5-12)21(23,24)25)19(22)16-11-13(20(27)28-2)6-9-18(16)26-17/h4-9,11H,3,10H2,1-2H3. The fraction of sp³-hybridized carbons (Fsp3) is 0.238. The number of ether oxygens (including phenoxy) is 1. The molecule has 0 saturated carbocycles. The second-order valence-corrected chi connectivity index (χ2v) is 6.68. The molecule has 0 amide bonds. The molecule has 146 valence electrons. The Morgan fingerprint density at radius 1 is 1.14 bits per heavy atom. The Bertz CT molecular complexity index is 1030. The zero-order chi connectivity index (χ0) is 20.5. The number of pyridine rings is 1. The number of hydrogen-bond acceptors (Lipinski definition) is 3. The van der Waals surface area contributed by atoms with E-state index in [0.29, 0.717) is 39.9 Å². The van der Waals surface area contributed by atoms with Gasteiger partial charge < -0.3 is 4.74 Å². The average molecular weight is 408 g/mol. The summed E-state index contributed by atoms with van der Waals surface area (Å²) in [6.07, 6.45) is -3.42. The Morgan fingerprint density at radius 3 is 2.39 bits per heavy atom. The fourth-order valence-corrected chi connectivity index (χ4v) is 3.37. The van der Waals surface area contributed by atoms with E-state index >= 15 is 0 Å². The van der Waals surface area contributed by atoms with Crippen LogP contribution >= 0.6 is 11.6 Å². The quantitative estimate of drug-likeness (QED) is 0.509. The molecule has 1 heterocycles. The number of benzene rings is 2. The van der Waals surface area contributed by atoms with Crippen LogP contribution in [0.4, 0.5) is 13.2 Å². The van der Waals surface area contributed by atoms with E-state index in [4.69, 9.17) is 16.3 Å². The molecule has 3 nitrogen and oxygen atoms in total. The zero-order valence-electron chi connectivity index (χ0n) is 15.2. The second kappa shape index (κ2) is 7.80. The fourth-order valence-electron chi connectivity index (χ4n) is 3.04. The molecule has 0 atom stereocenters. The molecule has 28 heavy (non-hydrogen) atoms. The van der Waals surface area contributed by atoms with Gasteiger partial charge in [0.2, 0.25) is 0 Å². The zero-order valence-corrected chi connectivity index (χ0v) is 16.0. The molecular weight excluding hydrogens is 391 g/mol. The molecule has 0 aliphatic rings. The first-order chi connectivity index (χ1) is 13.2. The van der Waals surface area contributed by atoms with Crippen molar-refractivity contribution in [2.24, 2.45) is 0 Å². The third-order valence-electron chi connectivity index (χ3n) is 4.52. The predicted octanol–water partition coefficient (Wildman–Crippen LogP) is 5.85. The molecule has 0 aliphatic carbocycles. The first-order valence-electron chi connectivity index (χ1n) is 8.60. The van der Waals surface area contributed by atoms with E-state index in [-0.39, 0.29) is 0 Å². The smallest absolute Gasteiger partial charge is 0.416 e. The van der Waals surface area contributed by atoms with Crippen LogP contribution in [-0.4, -0.2) is 18.1 Å². The Hall–Kier alpha value is -2.60. The minimum atomic E-state index is -4.38. The molecule has 1 aromatic heterocycles. The van der Waals surface area contributed by atoms with Crippen LogP contribution in [-0.2, 0) is 23.8 Å². The normalized spacial score (nSPS) is 11.6. The molecule has 0 radical (unpaired) electrons. The van der Waals surface area contributed by atoms with Gasteiger partial charge in [0, 0.05) is 17.5 Å². The molecule has 7 heteroatoms. The van der Waals surface area contributed by atoms with Crippen molar-refractivity contribution < 1.29 is 22.7 Å². The van der Waals surface area contributed by atoms with Crippen LogP contribution < -0.4 is 0 Å². The van der Waals surface area contributed by atoms with Gasteiger partial charge in [-0.15, -0.1) is 0 Å². The minimum absolute atomic E-state index is 0.339. The number of aryl methyl sites for hydroxylation is 1. The lowest BCUT2D eigenvalue weighted by Crippen LogP contribution is -2.06. The molecule has 0 unspecified atom stereocenters. The Kier molecular flexibility index (Phi) is 5.61. The molecule has 0 fully saturated rings. The van der Waals surface area contributed by atoms with Gasteiger partial charge in [-0.25, -0.2) is 4.79 Å². The van der Waals surface area contributed by atoms with Crippen molar-refractivity contribution in [2.75, 3.05) is 7.11 Å². The Morgan fingerprint density at radius 2 is 1.82 bits per heavy atom. The highest BCUT2D eigenvalue weighted by atomic mass is 35.5. The summed E-state index contributed by atoms with van der Waals surface area (Å²) in [5.74, 6) is -0.484. The van der Waals surface area contributed by atoms with E-state index < -0.39 is 17.7 Å². The number of fused-ring (bicyclic) bond motifs is 1. The van der Waals surface area contributed by atoms with Crippen molar-refractivity contribution in [1.29, 1.82) is 0 Å². The first-order valence-corrected chi connectivity index (χ1v) is 8.97. The summed E-state index contributed by atoms with van der Waals surface area (Å²) in [5, 5.41) is 1.04. The SMILES string of the molecule is CCc1nc2ccc(C(=O)OC)cc2c(Cl)c1Cc1ccc(C(F)(F)F)cc1. The highest BCUT2D eigenvalue weighted by Crippen LogP contribution is 2.33. The molecule has 0 N–H and O–H groups in total. The molecule has 0 bridgehead atoms. The number of halogens is 4. The predicted molar refractivity (Wildman–Crippen MR) is 102 cm³/mol. The van der Waals surface area contributed by atoms with Crippen molar-refractivity contribution >= 4 is 28.5 Å². The largest absolute Gasteiger partial charge is 0.465 e. The number of carbonyl (C=O) groups is 1. The number of rotatable bonds is 4. The maximum Gasteiger partial charge on any atom is 0.416 e. The van der Waals surface area contributed by atoms with E-state index in [1.165, 1.54) is 19.2 Å². The third kappa shape index (κ3) is 3.97. The van der Waals surface area contributed by atoms with Gasteiger partial charge >= 0.3 is 12.1 Å². The summed E-state index contributed by atoms with van der Waals surface area (Å²) < 4.78 is 43.0. The summed E-state index contributed by atoms with van der Waals surface area (Å²) in [6.45, 7) is 1.93. The van der Waals surface area contributed by atoms with Crippen LogP contribution in [0, 0.1) is 0 Å². The van der Waals surface area contributed by atoms with Gasteiger partial charge in [-0.2, -0.15) is 13.2 Å². The topological polar surface area (TPSA) is 39.2 Å². The summed E-state index contributed by atoms with van der Waals surface area (Å²) in [4.78, 5) is 16.4. The summed E-state index contributed by atoms with van der Waals surface area (Å²) in [7, 11) is 1.29. The molecule has 3 rings (SSSR count). The number of nitrogens with zero attached hydrogens (tertiary/aromatic N) is 1. The summed E-state index contributed by atoms with van der Waals surface area (Å²) in [5.41, 5.74) is 2.49. The van der Waals surface area contributed by atoms with E-state index in [9.17, 15) is 18.0 Å². The van der Waals surface area contributed by atoms with Crippen LogP contribution in [0.1, 0.15) is 39.7 Å². The number of esters is 1. The lowest BCUT2D eigenvalue weighted by atomic mass is 9.98. The molecule has 0 spiro atoms. The highest BCUT2D eigenvalue weighted by molar-refractivity contribution is 6.36. The van der Waals surface area contributed by atoms with Crippen LogP contribution in [0.5, 0.6) is 0 Å². The molecule has 0 aliphatic heterocycles. The van der Waals surface area contributed by atoms with Gasteiger partial charge in [0.1, 0.15) is 0 Å². The molecule has 3 aromatic rings. The number of methoxy groups -OCH3 is 1. The Labute approximate surface area is 165 Å². The van der Waals surface area contributed by atoms with Gasteiger partial charge in [-0.05, 0) is 47.9 Å². The van der Waals surface area contributed by atoms with Gasteiger partial charge in [0.15, 0.2) is 0 Å². The second-order valence-electron chi connectivity index (χ2n) is 6.30. The van der Waals surface area contributed by atoms with Crippen molar-refractivity contribution in [3.05, 3.63) is 75.4 Å². The lowest BCUT2D eigenvalue weighted by Gasteiger charge is -2.14. The number of hydrogen-bond donors (Lipinski definition) is 0. The van der Waals surface area contributed by atoms with Gasteiger partial charge in [0.05, 0.1) is 28.8 Å². The van der Waals surface area contributed by atoms with Gasteiger partial charge in [-0.3, -0.25) is 4.98 Å². The van der Waals surface area contributed by atoms with Gasteiger partial charge in [0.25, 0.3) is 0 Å². The maximum absolute atomic E-state index is 12.8. The number of aromatic nitrogens is 1. The lowest BCUT2D eigenvalue weighted by molar-refractivity contribution is -0.137. The first kappa shape index (κ1) is 20.1. The number of alkyl halides is 3. The highest BCUT2D eigenvalue weighted by Gasteiger charge is 2.30. The van der Waals surface area contributed by atoms with Crippen molar-refractivity contribution in [2.45, 2.75) is 25.9 Å². The van der Waals surface area contributed by atoms with E-state index in [1.807, 2.05) is 6.92 Å².